The molecule has 0 aliphatic heterocycles. The van der Waals surface area contributed by atoms with E-state index in [-0.39, 0.29) is 6.54 Å². The molecule has 0 radical (unpaired) electrons. The largest absolute Gasteiger partial charge is 0.497 e. The second-order valence-electron chi connectivity index (χ2n) is 2.86. The molecule has 0 aromatic heterocycles. The number of aliphatic hydroxyl groups excluding tert-OH is 1. The van der Waals surface area contributed by atoms with Crippen molar-refractivity contribution in [3.8, 4) is 5.75 Å². The number of hydrogen-bond acceptors (Lipinski definition) is 4. The molecular weight excluding hydrogens is 182 g/mol. The Morgan fingerprint density at radius 1 is 1.64 bits per heavy atom. The summed E-state index contributed by atoms with van der Waals surface area (Å²) < 4.78 is 4.98. The first kappa shape index (κ1) is 10.7. The summed E-state index contributed by atoms with van der Waals surface area (Å²) in [7, 11) is 1.52. The topological polar surface area (TPSA) is 72.5 Å². The molecule has 0 bridgehead atoms. The number of nitrogens with two attached hydrogens (primary N) is 1. The van der Waals surface area contributed by atoms with Crippen molar-refractivity contribution in [2.75, 3.05) is 13.7 Å². The number of aliphatic hydroxyl groups is 1. The lowest BCUT2D eigenvalue weighted by Crippen LogP contribution is -2.13. The molecular formula is C10H13NO3. The van der Waals surface area contributed by atoms with Gasteiger partial charge in [-0.15, -0.1) is 0 Å². The Labute approximate surface area is 82.3 Å². The van der Waals surface area contributed by atoms with Crippen molar-refractivity contribution >= 4 is 6.29 Å². The summed E-state index contributed by atoms with van der Waals surface area (Å²) >= 11 is 0. The average Bonchev–Trinajstić information content (AvgIpc) is 2.27. The molecule has 4 nitrogen and oxygen atoms in total. The van der Waals surface area contributed by atoms with Gasteiger partial charge in [0.25, 0.3) is 0 Å². The van der Waals surface area contributed by atoms with Crippen LogP contribution in [0.4, 0.5) is 0 Å². The Morgan fingerprint density at radius 2 is 2.36 bits per heavy atom. The number of rotatable bonds is 4. The van der Waals surface area contributed by atoms with Gasteiger partial charge in [0.15, 0.2) is 0 Å². The van der Waals surface area contributed by atoms with Crippen LogP contribution in [0.15, 0.2) is 18.2 Å². The van der Waals surface area contributed by atoms with E-state index in [1.807, 2.05) is 0 Å². The molecule has 0 saturated heterocycles. The Bertz CT molecular complexity index is 325. The Hall–Kier alpha value is -1.39. The molecule has 0 fully saturated rings. The fraction of sp³-hybridized carbons (Fsp3) is 0.300. The van der Waals surface area contributed by atoms with Crippen molar-refractivity contribution in [1.29, 1.82) is 0 Å². The molecule has 76 valence electrons. The predicted molar refractivity (Wildman–Crippen MR) is 52.4 cm³/mol. The quantitative estimate of drug-likeness (QED) is 0.686. The molecule has 0 amide bonds. The Kier molecular flexibility index (Phi) is 3.62. The number of benzene rings is 1. The fourth-order valence-electron chi connectivity index (χ4n) is 1.20. The first-order chi connectivity index (χ1) is 6.72. The van der Waals surface area contributed by atoms with Crippen LogP contribution in [0.3, 0.4) is 0 Å². The SMILES string of the molecule is COc1ccc(C=O)c(C(O)CN)c1. The van der Waals surface area contributed by atoms with Crippen LogP contribution in [0, 0.1) is 0 Å². The van der Waals surface area contributed by atoms with E-state index >= 15 is 0 Å². The molecule has 4 heteroatoms. The zero-order valence-electron chi connectivity index (χ0n) is 7.93. The molecule has 0 spiro atoms. The molecule has 1 atom stereocenters. The van der Waals surface area contributed by atoms with Gasteiger partial charge in [-0.25, -0.2) is 0 Å². The molecule has 1 rings (SSSR count). The van der Waals surface area contributed by atoms with E-state index in [1.165, 1.54) is 7.11 Å². The highest BCUT2D eigenvalue weighted by atomic mass is 16.5. The van der Waals surface area contributed by atoms with Crippen LogP contribution in [0.25, 0.3) is 0 Å². The van der Waals surface area contributed by atoms with Gasteiger partial charge in [-0.05, 0) is 23.8 Å². The maximum atomic E-state index is 10.7. The van der Waals surface area contributed by atoms with Crippen molar-refractivity contribution in [3.63, 3.8) is 0 Å². The number of carbonyl (C=O) groups excluding carboxylic acids is 1. The third-order valence-electron chi connectivity index (χ3n) is 2.00. The number of carbonyl (C=O) groups is 1. The van der Waals surface area contributed by atoms with Gasteiger partial charge in [-0.1, -0.05) is 0 Å². The van der Waals surface area contributed by atoms with E-state index < -0.39 is 6.10 Å². The highest BCUT2D eigenvalue weighted by Crippen LogP contribution is 2.21. The zero-order valence-corrected chi connectivity index (χ0v) is 7.93. The van der Waals surface area contributed by atoms with Crippen LogP contribution in [0.5, 0.6) is 5.75 Å². The third kappa shape index (κ3) is 2.10. The van der Waals surface area contributed by atoms with Crippen LogP contribution < -0.4 is 10.5 Å². The fourth-order valence-corrected chi connectivity index (χ4v) is 1.20. The van der Waals surface area contributed by atoms with Crippen LogP contribution in [0.2, 0.25) is 0 Å². The second-order valence-corrected chi connectivity index (χ2v) is 2.86. The number of hydrogen-bond donors (Lipinski definition) is 2. The minimum Gasteiger partial charge on any atom is -0.497 e. The molecule has 0 heterocycles. The van der Waals surface area contributed by atoms with Gasteiger partial charge in [0.2, 0.25) is 0 Å². The van der Waals surface area contributed by atoms with Crippen LogP contribution in [-0.2, 0) is 0 Å². The van der Waals surface area contributed by atoms with Gasteiger partial charge in [-0.2, -0.15) is 0 Å². The van der Waals surface area contributed by atoms with Crippen LogP contribution in [-0.4, -0.2) is 25.0 Å². The first-order valence-corrected chi connectivity index (χ1v) is 4.24. The summed E-state index contributed by atoms with van der Waals surface area (Å²) in [5.74, 6) is 0.595. The summed E-state index contributed by atoms with van der Waals surface area (Å²) in [4.78, 5) is 10.7. The van der Waals surface area contributed by atoms with E-state index in [0.717, 1.165) is 0 Å². The van der Waals surface area contributed by atoms with Crippen molar-refractivity contribution in [1.82, 2.24) is 0 Å². The van der Waals surface area contributed by atoms with Gasteiger partial charge >= 0.3 is 0 Å². The molecule has 1 unspecified atom stereocenters. The minimum atomic E-state index is -0.828. The predicted octanol–water partition coefficient (Wildman–Crippen LogP) is 0.500. The molecule has 0 aliphatic rings. The number of ether oxygens (including phenoxy) is 1. The van der Waals surface area contributed by atoms with Gasteiger partial charge in [-0.3, -0.25) is 4.79 Å². The molecule has 0 aliphatic carbocycles. The molecule has 0 saturated carbocycles. The van der Waals surface area contributed by atoms with E-state index in [0.29, 0.717) is 23.2 Å². The number of methoxy groups -OCH3 is 1. The summed E-state index contributed by atoms with van der Waals surface area (Å²) in [6.45, 7) is 0.0774. The third-order valence-corrected chi connectivity index (χ3v) is 2.00. The maximum Gasteiger partial charge on any atom is 0.150 e. The monoisotopic (exact) mass is 195 g/mol. The maximum absolute atomic E-state index is 10.7. The van der Waals surface area contributed by atoms with E-state index in [4.69, 9.17) is 10.5 Å². The molecule has 14 heavy (non-hydrogen) atoms. The smallest absolute Gasteiger partial charge is 0.150 e. The van der Waals surface area contributed by atoms with E-state index in [1.54, 1.807) is 18.2 Å². The summed E-state index contributed by atoms with van der Waals surface area (Å²) in [6.07, 6.45) is -0.140. The highest BCUT2D eigenvalue weighted by molar-refractivity contribution is 5.78. The van der Waals surface area contributed by atoms with Gasteiger partial charge in [0.05, 0.1) is 13.2 Å². The van der Waals surface area contributed by atoms with Crippen molar-refractivity contribution in [2.45, 2.75) is 6.10 Å². The second kappa shape index (κ2) is 4.74. The van der Waals surface area contributed by atoms with Crippen LogP contribution in [0.1, 0.15) is 22.0 Å². The van der Waals surface area contributed by atoms with E-state index in [2.05, 4.69) is 0 Å². The number of aldehydes is 1. The lowest BCUT2D eigenvalue weighted by atomic mass is 10.0. The Morgan fingerprint density at radius 3 is 2.86 bits per heavy atom. The van der Waals surface area contributed by atoms with Crippen molar-refractivity contribution in [2.24, 2.45) is 5.73 Å². The van der Waals surface area contributed by atoms with Crippen molar-refractivity contribution < 1.29 is 14.6 Å². The normalized spacial score (nSPS) is 12.2. The summed E-state index contributed by atoms with van der Waals surface area (Å²) in [5, 5.41) is 9.52. The highest BCUT2D eigenvalue weighted by Gasteiger charge is 2.11. The minimum absolute atomic E-state index is 0.0774. The zero-order chi connectivity index (χ0) is 10.6. The molecule has 3 N–H and O–H groups in total. The summed E-state index contributed by atoms with van der Waals surface area (Å²) in [6, 6.07) is 4.87. The van der Waals surface area contributed by atoms with Gasteiger partial charge in [0.1, 0.15) is 12.0 Å². The molecule has 1 aromatic rings. The van der Waals surface area contributed by atoms with Gasteiger partial charge in [0, 0.05) is 12.1 Å². The standard InChI is InChI=1S/C10H13NO3/c1-14-8-3-2-7(6-12)9(4-8)10(13)5-11/h2-4,6,10,13H,5,11H2,1H3. The lowest BCUT2D eigenvalue weighted by molar-refractivity contribution is 0.111. The van der Waals surface area contributed by atoms with Crippen LogP contribution >= 0.6 is 0 Å². The van der Waals surface area contributed by atoms with E-state index in [9.17, 15) is 9.90 Å². The van der Waals surface area contributed by atoms with Crippen molar-refractivity contribution in [3.05, 3.63) is 29.3 Å². The molecule has 1 aromatic carbocycles. The van der Waals surface area contributed by atoms with Gasteiger partial charge < -0.3 is 15.6 Å². The Balaban J connectivity index is 3.14. The first-order valence-electron chi connectivity index (χ1n) is 4.24. The average molecular weight is 195 g/mol. The summed E-state index contributed by atoms with van der Waals surface area (Å²) in [5.41, 5.74) is 6.25. The lowest BCUT2D eigenvalue weighted by Gasteiger charge is -2.11.